The lowest BCUT2D eigenvalue weighted by molar-refractivity contribution is 0.120. The van der Waals surface area contributed by atoms with Crippen molar-refractivity contribution in [3.63, 3.8) is 0 Å². The number of hydrogen-bond acceptors (Lipinski definition) is 5. The Labute approximate surface area is 149 Å². The number of nitrogen functional groups attached to an aromatic ring is 1. The van der Waals surface area contributed by atoms with Gasteiger partial charge in [-0.1, -0.05) is 17.3 Å². The molecule has 1 saturated heterocycles. The number of benzene rings is 1. The zero-order valence-corrected chi connectivity index (χ0v) is 14.9. The van der Waals surface area contributed by atoms with Gasteiger partial charge in [0.1, 0.15) is 5.76 Å². The van der Waals surface area contributed by atoms with Gasteiger partial charge in [-0.3, -0.25) is 9.80 Å². The number of rotatable bonds is 4. The van der Waals surface area contributed by atoms with Crippen molar-refractivity contribution in [3.05, 3.63) is 47.3 Å². The Morgan fingerprint density at radius 2 is 1.70 bits per heavy atom. The third kappa shape index (κ3) is 5.70. The molecule has 0 atom stereocenters. The lowest BCUT2D eigenvalue weighted by Crippen LogP contribution is -2.45. The summed E-state index contributed by atoms with van der Waals surface area (Å²) in [6.07, 6.45) is 0. The molecule has 2 N–H and O–H groups in total. The number of hydrogen-bond donors (Lipinski definition) is 1. The zero-order chi connectivity index (χ0) is 14.7. The smallest absolute Gasteiger partial charge is 0.133 e. The van der Waals surface area contributed by atoms with Gasteiger partial charge >= 0.3 is 0 Å². The van der Waals surface area contributed by atoms with Crippen LogP contribution in [0.15, 0.2) is 34.9 Å². The maximum Gasteiger partial charge on any atom is 0.133 e. The Morgan fingerprint density at radius 1 is 1.04 bits per heavy atom. The Bertz CT molecular complexity index is 597. The van der Waals surface area contributed by atoms with E-state index < -0.39 is 0 Å². The summed E-state index contributed by atoms with van der Waals surface area (Å²) in [6, 6.07) is 10.2. The van der Waals surface area contributed by atoms with Gasteiger partial charge < -0.3 is 10.3 Å². The lowest BCUT2D eigenvalue weighted by Gasteiger charge is -2.34. The minimum Gasteiger partial charge on any atom is -0.399 e. The van der Waals surface area contributed by atoms with E-state index in [9.17, 15) is 0 Å². The largest absolute Gasteiger partial charge is 0.399 e. The van der Waals surface area contributed by atoms with Crippen molar-refractivity contribution in [2.45, 2.75) is 20.0 Å². The molecule has 0 unspecified atom stereocenters. The van der Waals surface area contributed by atoms with E-state index in [-0.39, 0.29) is 24.8 Å². The molecule has 1 aromatic heterocycles. The van der Waals surface area contributed by atoms with Gasteiger partial charge in [0.25, 0.3) is 0 Å². The third-order valence-corrected chi connectivity index (χ3v) is 3.88. The maximum atomic E-state index is 5.83. The fraction of sp³-hybridized carbons (Fsp3) is 0.438. The van der Waals surface area contributed by atoms with Crippen LogP contribution in [0, 0.1) is 6.92 Å². The monoisotopic (exact) mass is 358 g/mol. The van der Waals surface area contributed by atoms with Gasteiger partial charge in [0.05, 0.1) is 5.69 Å². The summed E-state index contributed by atoms with van der Waals surface area (Å²) < 4.78 is 5.12. The van der Waals surface area contributed by atoms with E-state index >= 15 is 0 Å². The second-order valence-corrected chi connectivity index (χ2v) is 5.73. The van der Waals surface area contributed by atoms with Crippen LogP contribution < -0.4 is 5.73 Å². The van der Waals surface area contributed by atoms with Gasteiger partial charge in [-0.05, 0) is 24.6 Å². The number of anilines is 1. The standard InChI is InChI=1S/C16H22N4O.2ClH/c1-13-9-16(18-21-13)12-20-7-5-19(6-8-20)11-14-3-2-4-15(17)10-14;;/h2-4,9-10H,5-8,11-12,17H2,1H3;2*1H. The van der Waals surface area contributed by atoms with Crippen LogP contribution in [-0.2, 0) is 13.1 Å². The predicted octanol–water partition coefficient (Wildman–Crippen LogP) is 2.73. The molecule has 0 aliphatic carbocycles. The molecule has 1 aliphatic rings. The quantitative estimate of drug-likeness (QED) is 0.851. The van der Waals surface area contributed by atoms with Gasteiger partial charge in [-0.25, -0.2) is 0 Å². The van der Waals surface area contributed by atoms with Gasteiger partial charge in [-0.2, -0.15) is 0 Å². The maximum absolute atomic E-state index is 5.83. The highest BCUT2D eigenvalue weighted by molar-refractivity contribution is 5.85. The van der Waals surface area contributed by atoms with E-state index in [1.54, 1.807) is 0 Å². The van der Waals surface area contributed by atoms with E-state index in [1.165, 1.54) is 5.56 Å². The number of aryl methyl sites for hydroxylation is 1. The molecule has 5 nitrogen and oxygen atoms in total. The normalized spacial score (nSPS) is 15.7. The molecule has 0 saturated carbocycles. The number of piperazine rings is 1. The van der Waals surface area contributed by atoms with Crippen molar-refractivity contribution in [2.75, 3.05) is 31.9 Å². The minimum absolute atomic E-state index is 0. The van der Waals surface area contributed by atoms with Gasteiger partial charge in [0.2, 0.25) is 0 Å². The lowest BCUT2D eigenvalue weighted by atomic mass is 10.1. The Kier molecular flexibility index (Phi) is 7.85. The highest BCUT2D eigenvalue weighted by Crippen LogP contribution is 2.13. The SMILES string of the molecule is Cc1cc(CN2CCN(Cc3cccc(N)c3)CC2)no1.Cl.Cl. The number of aromatic nitrogens is 1. The highest BCUT2D eigenvalue weighted by atomic mass is 35.5. The molecule has 2 heterocycles. The molecule has 0 amide bonds. The average molecular weight is 359 g/mol. The molecule has 1 fully saturated rings. The topological polar surface area (TPSA) is 58.5 Å². The van der Waals surface area contributed by atoms with Crippen LogP contribution in [-0.4, -0.2) is 41.1 Å². The molecule has 2 aromatic rings. The summed E-state index contributed by atoms with van der Waals surface area (Å²) in [7, 11) is 0. The molecule has 128 valence electrons. The summed E-state index contributed by atoms with van der Waals surface area (Å²) in [5, 5.41) is 4.06. The zero-order valence-electron chi connectivity index (χ0n) is 13.3. The van der Waals surface area contributed by atoms with Crippen molar-refractivity contribution in [2.24, 2.45) is 0 Å². The van der Waals surface area contributed by atoms with Crippen LogP contribution in [0.1, 0.15) is 17.0 Å². The molecule has 1 aromatic carbocycles. The Morgan fingerprint density at radius 3 is 2.26 bits per heavy atom. The van der Waals surface area contributed by atoms with Crippen molar-refractivity contribution in [3.8, 4) is 0 Å². The molecule has 0 bridgehead atoms. The van der Waals surface area contributed by atoms with Crippen molar-refractivity contribution in [1.82, 2.24) is 15.0 Å². The highest BCUT2D eigenvalue weighted by Gasteiger charge is 2.18. The van der Waals surface area contributed by atoms with E-state index in [1.807, 2.05) is 25.1 Å². The molecule has 0 radical (unpaired) electrons. The summed E-state index contributed by atoms with van der Waals surface area (Å²) in [6.45, 7) is 8.06. The summed E-state index contributed by atoms with van der Waals surface area (Å²) in [5.41, 5.74) is 8.98. The van der Waals surface area contributed by atoms with Crippen molar-refractivity contribution >= 4 is 30.5 Å². The van der Waals surface area contributed by atoms with Gasteiger partial charge in [-0.15, -0.1) is 24.8 Å². The van der Waals surface area contributed by atoms with E-state index in [4.69, 9.17) is 10.3 Å². The first-order chi connectivity index (χ1) is 10.2. The van der Waals surface area contributed by atoms with Crippen LogP contribution in [0.3, 0.4) is 0 Å². The number of nitrogens with zero attached hydrogens (tertiary/aromatic N) is 3. The molecule has 1 aliphatic heterocycles. The first kappa shape index (κ1) is 19.8. The molecule has 0 spiro atoms. The molecule has 3 rings (SSSR count). The summed E-state index contributed by atoms with van der Waals surface area (Å²) >= 11 is 0. The number of halogens is 2. The van der Waals surface area contributed by atoms with Crippen molar-refractivity contribution < 1.29 is 4.52 Å². The van der Waals surface area contributed by atoms with E-state index in [0.717, 1.165) is 56.4 Å². The van der Waals surface area contributed by atoms with Gasteiger partial charge in [0.15, 0.2) is 0 Å². The minimum atomic E-state index is 0. The fourth-order valence-corrected chi connectivity index (χ4v) is 2.78. The van der Waals surface area contributed by atoms with Crippen molar-refractivity contribution in [1.29, 1.82) is 0 Å². The second-order valence-electron chi connectivity index (χ2n) is 5.73. The Balaban J connectivity index is 0.00000132. The second kappa shape index (κ2) is 9.13. The molecule has 23 heavy (non-hydrogen) atoms. The molecular weight excluding hydrogens is 335 g/mol. The van der Waals surface area contributed by atoms with E-state index in [2.05, 4.69) is 27.1 Å². The van der Waals surface area contributed by atoms with E-state index in [0.29, 0.717) is 0 Å². The van der Waals surface area contributed by atoms with Crippen LogP contribution in [0.4, 0.5) is 5.69 Å². The van der Waals surface area contributed by atoms with Crippen LogP contribution >= 0.6 is 24.8 Å². The molecule has 7 heteroatoms. The summed E-state index contributed by atoms with van der Waals surface area (Å²) in [5.74, 6) is 0.880. The first-order valence-corrected chi connectivity index (χ1v) is 7.40. The average Bonchev–Trinajstić information content (AvgIpc) is 2.86. The van der Waals surface area contributed by atoms with Crippen LogP contribution in [0.2, 0.25) is 0 Å². The van der Waals surface area contributed by atoms with Crippen LogP contribution in [0.25, 0.3) is 0 Å². The fourth-order valence-electron chi connectivity index (χ4n) is 2.78. The summed E-state index contributed by atoms with van der Waals surface area (Å²) in [4.78, 5) is 4.90. The molecular formula is C16H24Cl2N4O. The van der Waals surface area contributed by atoms with Crippen LogP contribution in [0.5, 0.6) is 0 Å². The Hall–Kier alpha value is -1.27. The predicted molar refractivity (Wildman–Crippen MR) is 97.1 cm³/mol. The third-order valence-electron chi connectivity index (χ3n) is 3.88. The number of nitrogens with two attached hydrogens (primary N) is 1. The first-order valence-electron chi connectivity index (χ1n) is 7.40. The van der Waals surface area contributed by atoms with Gasteiger partial charge in [0, 0.05) is 51.0 Å².